The number of amides is 2. The number of fused-ring (bicyclic) bond motifs is 2. The van der Waals surface area contributed by atoms with Crippen LogP contribution in [-0.2, 0) is 11.2 Å². The SMILES string of the molecule is CCC(=O)N1CCc2cc(C(=O)N(C)c3ccc4ccccc4c3)ccc21. The first-order valence-electron chi connectivity index (χ1n) is 9.28. The van der Waals surface area contributed by atoms with Gasteiger partial charge in [-0.25, -0.2) is 0 Å². The first kappa shape index (κ1) is 17.3. The van der Waals surface area contributed by atoms with E-state index in [9.17, 15) is 9.59 Å². The number of carbonyl (C=O) groups excluding carboxylic acids is 2. The zero-order valence-electron chi connectivity index (χ0n) is 15.6. The van der Waals surface area contributed by atoms with Crippen molar-refractivity contribution in [3.8, 4) is 0 Å². The first-order chi connectivity index (χ1) is 13.1. The molecular weight excluding hydrogens is 336 g/mol. The minimum Gasteiger partial charge on any atom is -0.312 e. The molecule has 0 saturated heterocycles. The number of carbonyl (C=O) groups is 2. The van der Waals surface area contributed by atoms with Gasteiger partial charge in [0.15, 0.2) is 0 Å². The van der Waals surface area contributed by atoms with E-state index in [1.165, 1.54) is 0 Å². The molecule has 0 radical (unpaired) electrons. The molecule has 0 aliphatic carbocycles. The van der Waals surface area contributed by atoms with Crippen LogP contribution >= 0.6 is 0 Å². The quantitative estimate of drug-likeness (QED) is 0.696. The number of benzene rings is 3. The third-order valence-electron chi connectivity index (χ3n) is 5.25. The van der Waals surface area contributed by atoms with E-state index < -0.39 is 0 Å². The van der Waals surface area contributed by atoms with E-state index in [4.69, 9.17) is 0 Å². The number of nitrogens with zero attached hydrogens (tertiary/aromatic N) is 2. The van der Waals surface area contributed by atoms with Gasteiger partial charge in [0.2, 0.25) is 5.91 Å². The highest BCUT2D eigenvalue weighted by Crippen LogP contribution is 2.30. The molecular formula is C23H22N2O2. The van der Waals surface area contributed by atoms with Gasteiger partial charge in [-0.15, -0.1) is 0 Å². The molecule has 4 nitrogen and oxygen atoms in total. The maximum atomic E-state index is 13.0. The second kappa shape index (κ2) is 6.88. The minimum absolute atomic E-state index is 0.0478. The summed E-state index contributed by atoms with van der Waals surface area (Å²) >= 11 is 0. The van der Waals surface area contributed by atoms with E-state index in [1.54, 1.807) is 11.9 Å². The summed E-state index contributed by atoms with van der Waals surface area (Å²) in [6.45, 7) is 2.57. The fourth-order valence-electron chi connectivity index (χ4n) is 3.68. The zero-order chi connectivity index (χ0) is 19.0. The second-order valence-electron chi connectivity index (χ2n) is 6.89. The van der Waals surface area contributed by atoms with Gasteiger partial charge in [-0.3, -0.25) is 9.59 Å². The largest absolute Gasteiger partial charge is 0.312 e. The van der Waals surface area contributed by atoms with Gasteiger partial charge in [-0.05, 0) is 53.1 Å². The van der Waals surface area contributed by atoms with E-state index in [0.717, 1.165) is 34.1 Å². The van der Waals surface area contributed by atoms with Crippen molar-refractivity contribution >= 4 is 34.0 Å². The lowest BCUT2D eigenvalue weighted by Gasteiger charge is -2.19. The van der Waals surface area contributed by atoms with E-state index >= 15 is 0 Å². The van der Waals surface area contributed by atoms with Gasteiger partial charge in [0, 0.05) is 37.0 Å². The molecule has 0 N–H and O–H groups in total. The van der Waals surface area contributed by atoms with Crippen LogP contribution in [-0.4, -0.2) is 25.4 Å². The fourth-order valence-corrected chi connectivity index (χ4v) is 3.68. The number of hydrogen-bond donors (Lipinski definition) is 0. The molecule has 0 aromatic heterocycles. The van der Waals surface area contributed by atoms with Crippen molar-refractivity contribution in [2.24, 2.45) is 0 Å². The molecule has 0 saturated carbocycles. The second-order valence-corrected chi connectivity index (χ2v) is 6.89. The number of anilines is 2. The van der Waals surface area contributed by atoms with Crippen LogP contribution in [0.5, 0.6) is 0 Å². The zero-order valence-corrected chi connectivity index (χ0v) is 15.6. The molecule has 1 aliphatic rings. The maximum absolute atomic E-state index is 13.0. The molecule has 3 aromatic carbocycles. The Bertz CT molecular complexity index is 1040. The standard InChI is InChI=1S/C23H22N2O2/c1-3-22(26)25-13-12-18-14-19(9-11-21(18)25)23(27)24(2)20-10-8-16-6-4-5-7-17(16)15-20/h4-11,14-15H,3,12-13H2,1-2H3. The Labute approximate surface area is 159 Å². The topological polar surface area (TPSA) is 40.6 Å². The van der Waals surface area contributed by atoms with Crippen LogP contribution in [0, 0.1) is 0 Å². The van der Waals surface area contributed by atoms with Crippen molar-refractivity contribution in [2.75, 3.05) is 23.4 Å². The summed E-state index contributed by atoms with van der Waals surface area (Å²) < 4.78 is 0. The minimum atomic E-state index is -0.0478. The highest BCUT2D eigenvalue weighted by Gasteiger charge is 2.25. The predicted octanol–water partition coefficient (Wildman–Crippen LogP) is 4.42. The van der Waals surface area contributed by atoms with Crippen molar-refractivity contribution in [1.29, 1.82) is 0 Å². The normalized spacial score (nSPS) is 12.9. The Balaban J connectivity index is 1.61. The van der Waals surface area contributed by atoms with Gasteiger partial charge in [0.05, 0.1) is 0 Å². The smallest absolute Gasteiger partial charge is 0.258 e. The van der Waals surface area contributed by atoms with Crippen LogP contribution in [0.25, 0.3) is 10.8 Å². The Morgan fingerprint density at radius 1 is 1.00 bits per heavy atom. The van der Waals surface area contributed by atoms with E-state index in [1.807, 2.05) is 66.4 Å². The van der Waals surface area contributed by atoms with Gasteiger partial charge in [0.25, 0.3) is 5.91 Å². The fraction of sp³-hybridized carbons (Fsp3) is 0.217. The van der Waals surface area contributed by atoms with E-state index in [0.29, 0.717) is 18.5 Å². The van der Waals surface area contributed by atoms with Crippen molar-refractivity contribution in [1.82, 2.24) is 0 Å². The Hall–Kier alpha value is -3.14. The lowest BCUT2D eigenvalue weighted by molar-refractivity contribution is -0.118. The van der Waals surface area contributed by atoms with Crippen molar-refractivity contribution in [3.05, 3.63) is 71.8 Å². The van der Waals surface area contributed by atoms with Gasteiger partial charge >= 0.3 is 0 Å². The Morgan fingerprint density at radius 3 is 2.56 bits per heavy atom. The van der Waals surface area contributed by atoms with Gasteiger partial charge in [-0.2, -0.15) is 0 Å². The molecule has 0 spiro atoms. The summed E-state index contributed by atoms with van der Waals surface area (Å²) in [6.07, 6.45) is 1.28. The van der Waals surface area contributed by atoms with E-state index in [2.05, 4.69) is 6.07 Å². The monoisotopic (exact) mass is 358 g/mol. The molecule has 136 valence electrons. The summed E-state index contributed by atoms with van der Waals surface area (Å²) in [6, 6.07) is 19.8. The van der Waals surface area contributed by atoms with Gasteiger partial charge in [0.1, 0.15) is 0 Å². The van der Waals surface area contributed by atoms with Crippen LogP contribution in [0.4, 0.5) is 11.4 Å². The summed E-state index contributed by atoms with van der Waals surface area (Å²) in [5.41, 5.74) is 3.51. The molecule has 3 aromatic rings. The molecule has 0 bridgehead atoms. The highest BCUT2D eigenvalue weighted by molar-refractivity contribution is 6.07. The number of hydrogen-bond acceptors (Lipinski definition) is 2. The summed E-state index contributed by atoms with van der Waals surface area (Å²) in [4.78, 5) is 28.5. The molecule has 1 heterocycles. The molecule has 27 heavy (non-hydrogen) atoms. The van der Waals surface area contributed by atoms with Crippen LogP contribution in [0.15, 0.2) is 60.7 Å². The first-order valence-corrected chi connectivity index (χ1v) is 9.28. The summed E-state index contributed by atoms with van der Waals surface area (Å²) in [5, 5.41) is 2.26. The Morgan fingerprint density at radius 2 is 1.78 bits per heavy atom. The van der Waals surface area contributed by atoms with E-state index in [-0.39, 0.29) is 11.8 Å². The highest BCUT2D eigenvalue weighted by atomic mass is 16.2. The number of rotatable bonds is 3. The van der Waals surface area contributed by atoms with Crippen LogP contribution in [0.3, 0.4) is 0 Å². The summed E-state index contributed by atoms with van der Waals surface area (Å²) in [7, 11) is 1.80. The molecule has 4 heteroatoms. The lowest BCUT2D eigenvalue weighted by atomic mass is 10.1. The predicted molar refractivity (Wildman–Crippen MR) is 109 cm³/mol. The maximum Gasteiger partial charge on any atom is 0.258 e. The summed E-state index contributed by atoms with van der Waals surface area (Å²) in [5.74, 6) is 0.0782. The van der Waals surface area contributed by atoms with Crippen molar-refractivity contribution < 1.29 is 9.59 Å². The molecule has 1 aliphatic heterocycles. The third-order valence-corrected chi connectivity index (χ3v) is 5.25. The Kier molecular flexibility index (Phi) is 4.40. The van der Waals surface area contributed by atoms with Crippen molar-refractivity contribution in [2.45, 2.75) is 19.8 Å². The molecule has 0 fully saturated rings. The average Bonchev–Trinajstić information content (AvgIpc) is 3.15. The average molecular weight is 358 g/mol. The van der Waals surface area contributed by atoms with Crippen molar-refractivity contribution in [3.63, 3.8) is 0 Å². The van der Waals surface area contributed by atoms with Crippen LogP contribution < -0.4 is 9.80 Å². The third kappa shape index (κ3) is 3.08. The molecule has 0 atom stereocenters. The molecule has 0 unspecified atom stereocenters. The molecule has 2 amide bonds. The van der Waals surface area contributed by atoms with Crippen LogP contribution in [0.1, 0.15) is 29.3 Å². The lowest BCUT2D eigenvalue weighted by Crippen LogP contribution is -2.28. The van der Waals surface area contributed by atoms with Gasteiger partial charge < -0.3 is 9.80 Å². The molecule has 4 rings (SSSR count). The van der Waals surface area contributed by atoms with Crippen LogP contribution in [0.2, 0.25) is 0 Å². The van der Waals surface area contributed by atoms with Gasteiger partial charge in [-0.1, -0.05) is 37.3 Å².